The SMILES string of the molecule is COC(=O)CSc1cc(NCc2ccccc2Cl)ncn1. The topological polar surface area (TPSA) is 64.1 Å². The third-order valence-electron chi connectivity index (χ3n) is 2.63. The molecule has 1 aromatic carbocycles. The number of carbonyl (C=O) groups excluding carboxylic acids is 1. The van der Waals surface area contributed by atoms with Crippen LogP contribution in [0.1, 0.15) is 5.56 Å². The first-order chi connectivity index (χ1) is 10.2. The number of benzene rings is 1. The van der Waals surface area contributed by atoms with E-state index in [4.69, 9.17) is 11.6 Å². The third kappa shape index (κ3) is 4.91. The highest BCUT2D eigenvalue weighted by molar-refractivity contribution is 7.99. The van der Waals surface area contributed by atoms with Gasteiger partial charge in [0.1, 0.15) is 17.2 Å². The minimum Gasteiger partial charge on any atom is -0.468 e. The lowest BCUT2D eigenvalue weighted by Gasteiger charge is -2.08. The highest BCUT2D eigenvalue weighted by atomic mass is 35.5. The molecule has 0 bridgehead atoms. The van der Waals surface area contributed by atoms with E-state index in [0.717, 1.165) is 5.56 Å². The Morgan fingerprint density at radius 1 is 1.38 bits per heavy atom. The van der Waals surface area contributed by atoms with Crippen molar-refractivity contribution in [2.45, 2.75) is 11.6 Å². The lowest BCUT2D eigenvalue weighted by molar-refractivity contribution is -0.137. The number of rotatable bonds is 6. The zero-order chi connectivity index (χ0) is 15.1. The molecule has 21 heavy (non-hydrogen) atoms. The lowest BCUT2D eigenvalue weighted by atomic mass is 10.2. The average Bonchev–Trinajstić information content (AvgIpc) is 2.52. The molecule has 0 radical (unpaired) electrons. The number of hydrogen-bond acceptors (Lipinski definition) is 6. The number of anilines is 1. The predicted molar refractivity (Wildman–Crippen MR) is 83.6 cm³/mol. The first-order valence-electron chi connectivity index (χ1n) is 6.18. The van der Waals surface area contributed by atoms with Gasteiger partial charge in [-0.15, -0.1) is 0 Å². The van der Waals surface area contributed by atoms with Gasteiger partial charge < -0.3 is 10.1 Å². The van der Waals surface area contributed by atoms with Crippen LogP contribution in [-0.2, 0) is 16.1 Å². The van der Waals surface area contributed by atoms with E-state index in [0.29, 0.717) is 22.4 Å². The van der Waals surface area contributed by atoms with Crippen molar-refractivity contribution in [3.05, 3.63) is 47.2 Å². The van der Waals surface area contributed by atoms with E-state index < -0.39 is 0 Å². The molecule has 5 nitrogen and oxygen atoms in total. The summed E-state index contributed by atoms with van der Waals surface area (Å²) < 4.78 is 4.59. The molecule has 110 valence electrons. The molecule has 2 aromatic rings. The molecule has 1 N–H and O–H groups in total. The van der Waals surface area contributed by atoms with Crippen molar-refractivity contribution in [3.8, 4) is 0 Å². The van der Waals surface area contributed by atoms with E-state index in [1.54, 1.807) is 6.07 Å². The summed E-state index contributed by atoms with van der Waals surface area (Å²) in [7, 11) is 1.36. The maximum Gasteiger partial charge on any atom is 0.316 e. The minimum atomic E-state index is -0.288. The molecule has 0 amide bonds. The molecule has 1 heterocycles. The average molecular weight is 324 g/mol. The van der Waals surface area contributed by atoms with E-state index in [1.807, 2.05) is 24.3 Å². The monoisotopic (exact) mass is 323 g/mol. The Morgan fingerprint density at radius 2 is 2.19 bits per heavy atom. The zero-order valence-corrected chi connectivity index (χ0v) is 12.9. The summed E-state index contributed by atoms with van der Waals surface area (Å²) in [6.07, 6.45) is 1.45. The van der Waals surface area contributed by atoms with Crippen LogP contribution in [0.2, 0.25) is 5.02 Å². The molecular formula is C14H14ClN3O2S. The largest absolute Gasteiger partial charge is 0.468 e. The normalized spacial score (nSPS) is 10.2. The van der Waals surface area contributed by atoms with Gasteiger partial charge >= 0.3 is 5.97 Å². The summed E-state index contributed by atoms with van der Waals surface area (Å²) in [5.41, 5.74) is 0.988. The molecule has 7 heteroatoms. The van der Waals surface area contributed by atoms with Gasteiger partial charge in [-0.05, 0) is 11.6 Å². The van der Waals surface area contributed by atoms with Crippen LogP contribution in [0.15, 0.2) is 41.7 Å². The third-order valence-corrected chi connectivity index (χ3v) is 3.89. The molecule has 2 rings (SSSR count). The summed E-state index contributed by atoms with van der Waals surface area (Å²) >= 11 is 7.39. The van der Waals surface area contributed by atoms with Crippen molar-refractivity contribution in [1.82, 2.24) is 9.97 Å². The van der Waals surface area contributed by atoms with E-state index in [9.17, 15) is 4.79 Å². The smallest absolute Gasteiger partial charge is 0.316 e. The lowest BCUT2D eigenvalue weighted by Crippen LogP contribution is -2.04. The number of thioether (sulfide) groups is 1. The van der Waals surface area contributed by atoms with Crippen LogP contribution in [0.3, 0.4) is 0 Å². The second-order valence-corrected chi connectivity index (χ2v) is 5.45. The van der Waals surface area contributed by atoms with Crippen LogP contribution in [0, 0.1) is 0 Å². The Bertz CT molecular complexity index is 625. The number of nitrogens with zero attached hydrogens (tertiary/aromatic N) is 2. The number of esters is 1. The van der Waals surface area contributed by atoms with E-state index in [-0.39, 0.29) is 11.7 Å². The van der Waals surface area contributed by atoms with E-state index in [1.165, 1.54) is 25.2 Å². The number of methoxy groups -OCH3 is 1. The number of hydrogen-bond donors (Lipinski definition) is 1. The number of aromatic nitrogens is 2. The Morgan fingerprint density at radius 3 is 2.95 bits per heavy atom. The summed E-state index contributed by atoms with van der Waals surface area (Å²) in [4.78, 5) is 19.3. The molecule has 0 aliphatic carbocycles. The summed E-state index contributed by atoms with van der Waals surface area (Å²) in [5.74, 6) is 0.610. The van der Waals surface area contributed by atoms with Gasteiger partial charge in [0, 0.05) is 17.6 Å². The van der Waals surface area contributed by atoms with Crippen LogP contribution >= 0.6 is 23.4 Å². The minimum absolute atomic E-state index is 0.220. The van der Waals surface area contributed by atoms with Gasteiger partial charge in [0.25, 0.3) is 0 Å². The second kappa shape index (κ2) is 7.85. The van der Waals surface area contributed by atoms with Crippen molar-refractivity contribution in [2.24, 2.45) is 0 Å². The molecule has 0 saturated carbocycles. The molecule has 0 fully saturated rings. The standard InChI is InChI=1S/C14H14ClN3O2S/c1-20-14(19)8-21-13-6-12(17-9-18-13)16-7-10-4-2-3-5-11(10)15/h2-6,9H,7-8H2,1H3,(H,16,17,18). The highest BCUT2D eigenvalue weighted by Crippen LogP contribution is 2.19. The van der Waals surface area contributed by atoms with Crippen LogP contribution in [0.5, 0.6) is 0 Å². The summed E-state index contributed by atoms with van der Waals surface area (Å²) in [5, 5.41) is 4.59. The van der Waals surface area contributed by atoms with Gasteiger partial charge in [0.05, 0.1) is 12.9 Å². The second-order valence-electron chi connectivity index (χ2n) is 4.05. The first-order valence-corrected chi connectivity index (χ1v) is 7.54. The maximum atomic E-state index is 11.1. The predicted octanol–water partition coefficient (Wildman–Crippen LogP) is 3.01. The van der Waals surface area contributed by atoms with Crippen LogP contribution in [-0.4, -0.2) is 28.8 Å². The first kappa shape index (κ1) is 15.6. The van der Waals surface area contributed by atoms with Crippen LogP contribution < -0.4 is 5.32 Å². The number of halogens is 1. The van der Waals surface area contributed by atoms with Gasteiger partial charge in [-0.3, -0.25) is 4.79 Å². The van der Waals surface area contributed by atoms with Gasteiger partial charge in [-0.2, -0.15) is 0 Å². The molecule has 0 aliphatic rings. The van der Waals surface area contributed by atoms with Crippen molar-refractivity contribution >= 4 is 35.1 Å². The Labute approximate surface area is 132 Å². The van der Waals surface area contributed by atoms with Gasteiger partial charge in [0.2, 0.25) is 0 Å². The fourth-order valence-electron chi connectivity index (χ4n) is 1.53. The highest BCUT2D eigenvalue weighted by Gasteiger charge is 2.05. The number of carbonyl (C=O) groups is 1. The maximum absolute atomic E-state index is 11.1. The summed E-state index contributed by atoms with van der Waals surface area (Å²) in [6, 6.07) is 9.39. The van der Waals surface area contributed by atoms with Gasteiger partial charge in [-0.1, -0.05) is 41.6 Å². The Balaban J connectivity index is 1.95. The molecule has 1 aromatic heterocycles. The number of ether oxygens (including phenoxy) is 1. The molecule has 0 saturated heterocycles. The molecule has 0 aliphatic heterocycles. The van der Waals surface area contributed by atoms with Gasteiger partial charge in [0.15, 0.2) is 0 Å². The van der Waals surface area contributed by atoms with Crippen molar-refractivity contribution < 1.29 is 9.53 Å². The molecule has 0 atom stereocenters. The van der Waals surface area contributed by atoms with Gasteiger partial charge in [-0.25, -0.2) is 9.97 Å². The van der Waals surface area contributed by atoms with E-state index in [2.05, 4.69) is 20.0 Å². The Kier molecular flexibility index (Phi) is 5.83. The zero-order valence-electron chi connectivity index (χ0n) is 11.4. The molecule has 0 unspecified atom stereocenters. The van der Waals surface area contributed by atoms with Crippen molar-refractivity contribution in [1.29, 1.82) is 0 Å². The van der Waals surface area contributed by atoms with Crippen LogP contribution in [0.4, 0.5) is 5.82 Å². The fourth-order valence-corrected chi connectivity index (χ4v) is 2.44. The summed E-state index contributed by atoms with van der Waals surface area (Å²) in [6.45, 7) is 0.567. The molecular weight excluding hydrogens is 310 g/mol. The number of nitrogens with one attached hydrogen (secondary N) is 1. The van der Waals surface area contributed by atoms with E-state index >= 15 is 0 Å². The van der Waals surface area contributed by atoms with Crippen molar-refractivity contribution in [3.63, 3.8) is 0 Å². The fraction of sp³-hybridized carbons (Fsp3) is 0.214. The molecule has 0 spiro atoms. The van der Waals surface area contributed by atoms with Crippen LogP contribution in [0.25, 0.3) is 0 Å². The quantitative estimate of drug-likeness (QED) is 0.501. The van der Waals surface area contributed by atoms with Crippen molar-refractivity contribution in [2.75, 3.05) is 18.2 Å². The Hall–Kier alpha value is -1.79.